The third-order valence-electron chi connectivity index (χ3n) is 1.66. The normalized spacial score (nSPS) is 12.6. The molecule has 2 nitrogen and oxygen atoms in total. The van der Waals surface area contributed by atoms with Gasteiger partial charge in [-0.05, 0) is 43.4 Å². The van der Waals surface area contributed by atoms with E-state index in [1.807, 2.05) is 0 Å². The molecule has 0 radical (unpaired) electrons. The Balaban J connectivity index is 3.37. The van der Waals surface area contributed by atoms with Crippen molar-refractivity contribution in [1.82, 2.24) is 9.78 Å². The van der Waals surface area contributed by atoms with Gasteiger partial charge in [0.25, 0.3) is 6.43 Å². The van der Waals surface area contributed by atoms with Gasteiger partial charge in [-0.15, -0.1) is 0 Å². The largest absolute Gasteiger partial charge is 0.283 e. The Hall–Kier alpha value is -0.270. The maximum Gasteiger partial charge on any atom is 0.283 e. The average molecular weight is 318 g/mol. The number of halogens is 4. The van der Waals surface area contributed by atoms with E-state index in [9.17, 15) is 13.2 Å². The molecular weight excluding hydrogens is 308 g/mol. The van der Waals surface area contributed by atoms with Crippen molar-refractivity contribution in [3.05, 3.63) is 15.2 Å². The van der Waals surface area contributed by atoms with Gasteiger partial charge < -0.3 is 0 Å². The SMILES string of the molecule is CC(C)(C)n1nc(I)c(F)c1C(F)F. The van der Waals surface area contributed by atoms with Crippen LogP contribution >= 0.6 is 22.6 Å². The third-order valence-corrected chi connectivity index (χ3v) is 2.35. The van der Waals surface area contributed by atoms with Crippen LogP contribution in [0.1, 0.15) is 32.9 Å². The summed E-state index contributed by atoms with van der Waals surface area (Å²) >= 11 is 1.60. The van der Waals surface area contributed by atoms with Crippen LogP contribution in [0.15, 0.2) is 0 Å². The first kappa shape index (κ1) is 11.8. The predicted molar refractivity (Wildman–Crippen MR) is 54.9 cm³/mol. The quantitative estimate of drug-likeness (QED) is 0.727. The Morgan fingerprint density at radius 1 is 1.36 bits per heavy atom. The molecule has 1 aromatic heterocycles. The Kier molecular flexibility index (Phi) is 3.13. The smallest absolute Gasteiger partial charge is 0.254 e. The van der Waals surface area contributed by atoms with Gasteiger partial charge >= 0.3 is 0 Å². The number of hydrogen-bond acceptors (Lipinski definition) is 1. The van der Waals surface area contributed by atoms with Gasteiger partial charge in [0.05, 0.1) is 5.54 Å². The standard InChI is InChI=1S/C8H10F3IN2/c1-8(2,3)14-5(6(10)11)4(9)7(12)13-14/h6H,1-3H3. The number of alkyl halides is 2. The summed E-state index contributed by atoms with van der Waals surface area (Å²) in [7, 11) is 0. The molecule has 1 heterocycles. The second kappa shape index (κ2) is 3.71. The molecule has 1 aromatic rings. The maximum atomic E-state index is 13.2. The van der Waals surface area contributed by atoms with Crippen molar-refractivity contribution in [2.45, 2.75) is 32.7 Å². The van der Waals surface area contributed by atoms with E-state index in [2.05, 4.69) is 5.10 Å². The highest BCUT2D eigenvalue weighted by Gasteiger charge is 2.29. The molecule has 0 aliphatic rings. The van der Waals surface area contributed by atoms with Crippen molar-refractivity contribution in [3.8, 4) is 0 Å². The van der Waals surface area contributed by atoms with Crippen LogP contribution < -0.4 is 0 Å². The van der Waals surface area contributed by atoms with Crippen LogP contribution in [0.2, 0.25) is 0 Å². The summed E-state index contributed by atoms with van der Waals surface area (Å²) in [6, 6.07) is 0. The molecule has 0 atom stereocenters. The van der Waals surface area contributed by atoms with E-state index in [0.29, 0.717) is 0 Å². The fourth-order valence-electron chi connectivity index (χ4n) is 1.08. The van der Waals surface area contributed by atoms with Gasteiger partial charge in [-0.25, -0.2) is 13.2 Å². The highest BCUT2D eigenvalue weighted by Crippen LogP contribution is 2.29. The van der Waals surface area contributed by atoms with Crippen LogP contribution in [0.25, 0.3) is 0 Å². The van der Waals surface area contributed by atoms with Gasteiger partial charge in [0, 0.05) is 0 Å². The van der Waals surface area contributed by atoms with E-state index in [-0.39, 0.29) is 3.70 Å². The molecule has 0 saturated carbocycles. The molecule has 0 spiro atoms. The summed E-state index contributed by atoms with van der Waals surface area (Å²) in [6.45, 7) is 5.09. The summed E-state index contributed by atoms with van der Waals surface area (Å²) in [4.78, 5) is 0. The molecule has 14 heavy (non-hydrogen) atoms. The summed E-state index contributed by atoms with van der Waals surface area (Å²) in [5, 5.41) is 3.75. The minimum Gasteiger partial charge on any atom is -0.254 e. The highest BCUT2D eigenvalue weighted by atomic mass is 127. The van der Waals surface area contributed by atoms with E-state index in [1.165, 1.54) is 0 Å². The van der Waals surface area contributed by atoms with Gasteiger partial charge in [-0.2, -0.15) is 5.10 Å². The number of hydrogen-bond donors (Lipinski definition) is 0. The van der Waals surface area contributed by atoms with Crippen molar-refractivity contribution in [2.24, 2.45) is 0 Å². The predicted octanol–water partition coefficient (Wildman–Crippen LogP) is 3.32. The summed E-state index contributed by atoms with van der Waals surface area (Å²) in [6.07, 6.45) is -2.84. The van der Waals surface area contributed by atoms with Gasteiger partial charge in [0.2, 0.25) is 0 Å². The Labute approximate surface area is 93.6 Å². The highest BCUT2D eigenvalue weighted by molar-refractivity contribution is 14.1. The second-order valence-electron chi connectivity index (χ2n) is 3.87. The zero-order valence-corrected chi connectivity index (χ0v) is 10.1. The molecule has 0 fully saturated rings. The van der Waals surface area contributed by atoms with Crippen LogP contribution in [0.4, 0.5) is 13.2 Å². The lowest BCUT2D eigenvalue weighted by atomic mass is 10.1. The zero-order chi connectivity index (χ0) is 11.1. The molecule has 80 valence electrons. The summed E-state index contributed by atoms with van der Waals surface area (Å²) in [5.41, 5.74) is -1.28. The number of nitrogens with zero attached hydrogens (tertiary/aromatic N) is 2. The Morgan fingerprint density at radius 2 is 1.86 bits per heavy atom. The van der Waals surface area contributed by atoms with Gasteiger partial charge in [0.15, 0.2) is 9.52 Å². The van der Waals surface area contributed by atoms with E-state index in [1.54, 1.807) is 43.4 Å². The van der Waals surface area contributed by atoms with Gasteiger partial charge in [-0.3, -0.25) is 4.68 Å². The van der Waals surface area contributed by atoms with Crippen molar-refractivity contribution >= 4 is 22.6 Å². The van der Waals surface area contributed by atoms with Crippen molar-refractivity contribution in [2.75, 3.05) is 0 Å². The molecule has 0 bridgehead atoms. The molecule has 1 rings (SSSR count). The fraction of sp³-hybridized carbons (Fsp3) is 0.625. The minimum atomic E-state index is -2.84. The molecule has 0 saturated heterocycles. The monoisotopic (exact) mass is 318 g/mol. The molecule has 0 aliphatic carbocycles. The van der Waals surface area contributed by atoms with Crippen LogP contribution in [0.5, 0.6) is 0 Å². The zero-order valence-electron chi connectivity index (χ0n) is 7.98. The molecule has 0 aliphatic heterocycles. The third kappa shape index (κ3) is 2.04. The topological polar surface area (TPSA) is 17.8 Å². The van der Waals surface area contributed by atoms with Gasteiger partial charge in [0.1, 0.15) is 5.69 Å². The van der Waals surface area contributed by atoms with Crippen LogP contribution in [-0.4, -0.2) is 9.78 Å². The first-order valence-corrected chi connectivity index (χ1v) is 5.05. The summed E-state index contributed by atoms with van der Waals surface area (Å²) < 4.78 is 39.3. The van der Waals surface area contributed by atoms with Crippen LogP contribution in [0, 0.1) is 9.52 Å². The Morgan fingerprint density at radius 3 is 2.14 bits per heavy atom. The molecule has 0 aromatic carbocycles. The molecular formula is C8H10F3IN2. The van der Waals surface area contributed by atoms with Crippen LogP contribution in [-0.2, 0) is 5.54 Å². The molecule has 0 N–H and O–H groups in total. The van der Waals surface area contributed by atoms with E-state index in [4.69, 9.17) is 0 Å². The molecule has 0 unspecified atom stereocenters. The number of rotatable bonds is 1. The van der Waals surface area contributed by atoms with Crippen molar-refractivity contribution < 1.29 is 13.2 Å². The van der Waals surface area contributed by atoms with E-state index < -0.39 is 23.5 Å². The lowest BCUT2D eigenvalue weighted by molar-refractivity contribution is 0.125. The van der Waals surface area contributed by atoms with Crippen molar-refractivity contribution in [1.29, 1.82) is 0 Å². The summed E-state index contributed by atoms with van der Waals surface area (Å²) in [5.74, 6) is -0.921. The minimum absolute atomic E-state index is 0.0205. The Bertz CT molecular complexity index is 341. The fourth-order valence-corrected chi connectivity index (χ4v) is 1.58. The van der Waals surface area contributed by atoms with Crippen LogP contribution in [0.3, 0.4) is 0 Å². The maximum absolute atomic E-state index is 13.2. The number of aromatic nitrogens is 2. The lowest BCUT2D eigenvalue weighted by Crippen LogP contribution is -2.25. The van der Waals surface area contributed by atoms with Gasteiger partial charge in [-0.1, -0.05) is 0 Å². The molecule has 0 amide bonds. The van der Waals surface area contributed by atoms with Crippen molar-refractivity contribution in [3.63, 3.8) is 0 Å². The van der Waals surface area contributed by atoms with E-state index in [0.717, 1.165) is 4.68 Å². The molecule has 6 heteroatoms. The first-order valence-electron chi connectivity index (χ1n) is 3.97. The second-order valence-corrected chi connectivity index (χ2v) is 4.90. The lowest BCUT2D eigenvalue weighted by Gasteiger charge is -2.21. The average Bonchev–Trinajstić information content (AvgIpc) is 2.27. The van der Waals surface area contributed by atoms with E-state index >= 15 is 0 Å². The first-order chi connectivity index (χ1) is 6.25.